The first-order valence-corrected chi connectivity index (χ1v) is 7.75. The van der Waals surface area contributed by atoms with Crippen LogP contribution in [0, 0.1) is 0 Å². The predicted octanol–water partition coefficient (Wildman–Crippen LogP) is 3.94. The van der Waals surface area contributed by atoms with Crippen LogP contribution in [0.5, 0.6) is 0 Å². The largest absolute Gasteiger partial charge is 0.323 e. The van der Waals surface area contributed by atoms with E-state index in [1.54, 1.807) is 12.1 Å². The molecule has 0 aromatic heterocycles. The predicted molar refractivity (Wildman–Crippen MR) is 90.2 cm³/mol. The number of anilines is 1. The van der Waals surface area contributed by atoms with Crippen molar-refractivity contribution in [1.82, 2.24) is 5.32 Å². The number of hydrogen-bond acceptors (Lipinski definition) is 2. The van der Waals surface area contributed by atoms with Gasteiger partial charge in [0.25, 0.3) is 0 Å². The van der Waals surface area contributed by atoms with E-state index in [0.29, 0.717) is 10.7 Å². The molecule has 0 saturated carbocycles. The van der Waals surface area contributed by atoms with Crippen molar-refractivity contribution in [3.05, 3.63) is 64.7 Å². The first-order valence-electron chi connectivity index (χ1n) is 7.37. The minimum Gasteiger partial charge on any atom is -0.323 e. The van der Waals surface area contributed by atoms with E-state index >= 15 is 0 Å². The minimum absolute atomic E-state index is 0.0895. The van der Waals surface area contributed by atoms with Crippen LogP contribution < -0.4 is 10.6 Å². The molecular weight excluding hydrogens is 296 g/mol. The fraction of sp³-hybridized carbons (Fsp3) is 0.278. The average molecular weight is 315 g/mol. The van der Waals surface area contributed by atoms with E-state index in [4.69, 9.17) is 11.6 Å². The highest BCUT2D eigenvalue weighted by atomic mass is 35.5. The van der Waals surface area contributed by atoms with Crippen molar-refractivity contribution < 1.29 is 4.79 Å². The molecule has 1 unspecified atom stereocenters. The summed E-state index contributed by atoms with van der Waals surface area (Å²) in [6, 6.07) is 15.0. The second-order valence-corrected chi connectivity index (χ2v) is 6.71. The Kier molecular flexibility index (Phi) is 3.94. The fourth-order valence-corrected chi connectivity index (χ4v) is 3.13. The molecule has 0 radical (unpaired) electrons. The molecule has 22 heavy (non-hydrogen) atoms. The number of carbonyl (C=O) groups excluding carboxylic acids is 1. The van der Waals surface area contributed by atoms with Crippen molar-refractivity contribution in [1.29, 1.82) is 0 Å². The van der Waals surface area contributed by atoms with Crippen molar-refractivity contribution in [3.8, 4) is 0 Å². The van der Waals surface area contributed by atoms with Gasteiger partial charge in [-0.05, 0) is 43.5 Å². The van der Waals surface area contributed by atoms with Crippen LogP contribution in [0.4, 0.5) is 5.69 Å². The maximum absolute atomic E-state index is 12.7. The van der Waals surface area contributed by atoms with Gasteiger partial charge in [-0.1, -0.05) is 48.0 Å². The molecule has 0 saturated heterocycles. The highest BCUT2D eigenvalue weighted by Gasteiger charge is 2.35. The Labute approximate surface area is 135 Å². The average Bonchev–Trinajstić information content (AvgIpc) is 2.47. The number of halogens is 1. The van der Waals surface area contributed by atoms with Crippen molar-refractivity contribution in [2.75, 3.05) is 5.32 Å². The van der Waals surface area contributed by atoms with Gasteiger partial charge in [0.1, 0.15) is 6.04 Å². The van der Waals surface area contributed by atoms with Crippen LogP contribution in [-0.4, -0.2) is 11.4 Å². The quantitative estimate of drug-likeness (QED) is 0.881. The number of carbonyl (C=O) groups is 1. The lowest BCUT2D eigenvalue weighted by Gasteiger charge is -2.38. The molecule has 2 N–H and O–H groups in total. The van der Waals surface area contributed by atoms with E-state index in [-0.39, 0.29) is 17.5 Å². The summed E-state index contributed by atoms with van der Waals surface area (Å²) in [5, 5.41) is 6.90. The number of benzene rings is 2. The van der Waals surface area contributed by atoms with Gasteiger partial charge in [-0.3, -0.25) is 10.1 Å². The van der Waals surface area contributed by atoms with Gasteiger partial charge in [0, 0.05) is 5.54 Å². The third-order valence-corrected chi connectivity index (χ3v) is 4.26. The molecule has 2 aromatic carbocycles. The van der Waals surface area contributed by atoms with Crippen LogP contribution in [0.15, 0.2) is 48.5 Å². The summed E-state index contributed by atoms with van der Waals surface area (Å²) in [5.74, 6) is -0.0895. The number of rotatable bonds is 2. The molecule has 2 aromatic rings. The first kappa shape index (κ1) is 15.1. The van der Waals surface area contributed by atoms with Crippen molar-refractivity contribution in [2.45, 2.75) is 31.8 Å². The third-order valence-electron chi connectivity index (χ3n) is 3.93. The molecule has 0 fully saturated rings. The summed E-state index contributed by atoms with van der Waals surface area (Å²) >= 11 is 6.13. The van der Waals surface area contributed by atoms with Crippen LogP contribution in [0.1, 0.15) is 31.0 Å². The topological polar surface area (TPSA) is 41.1 Å². The van der Waals surface area contributed by atoms with Gasteiger partial charge in [-0.2, -0.15) is 0 Å². The standard InChI is InChI=1S/C18H19ClN2O/c1-18(2)11-12-7-3-4-8-13(12)16(21-18)17(22)20-15-10-6-5-9-14(15)19/h3-10,16,21H,11H2,1-2H3,(H,20,22). The Hall–Kier alpha value is -1.84. The number of hydrogen-bond donors (Lipinski definition) is 2. The normalized spacial score (nSPS) is 19.3. The molecule has 0 spiro atoms. The molecule has 1 heterocycles. The van der Waals surface area contributed by atoms with Crippen LogP contribution >= 0.6 is 11.6 Å². The molecule has 0 bridgehead atoms. The molecule has 1 aliphatic heterocycles. The molecular formula is C18H19ClN2O. The molecule has 0 aliphatic carbocycles. The number of amides is 1. The van der Waals surface area contributed by atoms with E-state index in [1.165, 1.54) is 5.56 Å². The Balaban J connectivity index is 1.90. The molecule has 114 valence electrons. The zero-order chi connectivity index (χ0) is 15.7. The zero-order valence-electron chi connectivity index (χ0n) is 12.7. The number of para-hydroxylation sites is 1. The lowest BCUT2D eigenvalue weighted by atomic mass is 9.83. The highest BCUT2D eigenvalue weighted by molar-refractivity contribution is 6.33. The van der Waals surface area contributed by atoms with Gasteiger partial charge in [-0.15, -0.1) is 0 Å². The van der Waals surface area contributed by atoms with Crippen LogP contribution in [-0.2, 0) is 11.2 Å². The third kappa shape index (κ3) is 3.01. The van der Waals surface area contributed by atoms with Crippen LogP contribution in [0.2, 0.25) is 5.02 Å². The number of fused-ring (bicyclic) bond motifs is 1. The number of nitrogens with one attached hydrogen (secondary N) is 2. The van der Waals surface area contributed by atoms with Crippen LogP contribution in [0.3, 0.4) is 0 Å². The van der Waals surface area contributed by atoms with Gasteiger partial charge < -0.3 is 5.32 Å². The van der Waals surface area contributed by atoms with Gasteiger partial charge in [0.2, 0.25) is 5.91 Å². The molecule has 1 atom stereocenters. The second-order valence-electron chi connectivity index (χ2n) is 6.31. The summed E-state index contributed by atoms with van der Waals surface area (Å²) in [7, 11) is 0. The van der Waals surface area contributed by atoms with E-state index in [2.05, 4.69) is 30.5 Å². The van der Waals surface area contributed by atoms with Crippen molar-refractivity contribution >= 4 is 23.2 Å². The van der Waals surface area contributed by atoms with Crippen molar-refractivity contribution in [2.24, 2.45) is 0 Å². The Morgan fingerprint density at radius 1 is 1.18 bits per heavy atom. The van der Waals surface area contributed by atoms with Gasteiger partial charge in [0.15, 0.2) is 0 Å². The molecule has 3 rings (SSSR count). The van der Waals surface area contributed by atoms with Crippen molar-refractivity contribution in [3.63, 3.8) is 0 Å². The molecule has 3 nitrogen and oxygen atoms in total. The Bertz CT molecular complexity index is 712. The van der Waals surface area contributed by atoms with E-state index < -0.39 is 0 Å². The second kappa shape index (κ2) is 5.75. The highest BCUT2D eigenvalue weighted by Crippen LogP contribution is 2.31. The summed E-state index contributed by atoms with van der Waals surface area (Å²) in [6.07, 6.45) is 0.902. The lowest BCUT2D eigenvalue weighted by molar-refractivity contribution is -0.119. The monoisotopic (exact) mass is 314 g/mol. The molecule has 4 heteroatoms. The fourth-order valence-electron chi connectivity index (χ4n) is 2.95. The SMILES string of the molecule is CC1(C)Cc2ccccc2C(C(=O)Nc2ccccc2Cl)N1. The van der Waals surface area contributed by atoms with E-state index in [9.17, 15) is 4.79 Å². The summed E-state index contributed by atoms with van der Waals surface area (Å²) in [6.45, 7) is 4.22. The summed E-state index contributed by atoms with van der Waals surface area (Å²) < 4.78 is 0. The lowest BCUT2D eigenvalue weighted by Crippen LogP contribution is -2.51. The first-order chi connectivity index (χ1) is 10.5. The minimum atomic E-state index is -0.378. The Morgan fingerprint density at radius 2 is 1.86 bits per heavy atom. The molecule has 1 aliphatic rings. The summed E-state index contributed by atoms with van der Waals surface area (Å²) in [4.78, 5) is 12.7. The molecule has 1 amide bonds. The summed E-state index contributed by atoms with van der Waals surface area (Å²) in [5.41, 5.74) is 2.75. The smallest absolute Gasteiger partial charge is 0.246 e. The van der Waals surface area contributed by atoms with Gasteiger partial charge >= 0.3 is 0 Å². The van der Waals surface area contributed by atoms with Crippen LogP contribution in [0.25, 0.3) is 0 Å². The zero-order valence-corrected chi connectivity index (χ0v) is 13.4. The van der Waals surface area contributed by atoms with E-state index in [0.717, 1.165) is 12.0 Å². The van der Waals surface area contributed by atoms with E-state index in [1.807, 2.05) is 30.3 Å². The maximum Gasteiger partial charge on any atom is 0.246 e. The Morgan fingerprint density at radius 3 is 2.64 bits per heavy atom. The maximum atomic E-state index is 12.7. The van der Waals surface area contributed by atoms with Gasteiger partial charge in [0.05, 0.1) is 10.7 Å². The van der Waals surface area contributed by atoms with Gasteiger partial charge in [-0.25, -0.2) is 0 Å².